The maximum Gasteiger partial charge on any atom is 0.0701 e. The molecule has 17 heavy (non-hydrogen) atoms. The molecule has 1 nitrogen and oxygen atoms in total. The zero-order valence-electron chi connectivity index (χ0n) is 11.1. The minimum Gasteiger partial charge on any atom is -0.309 e. The van der Waals surface area contributed by atoms with Crippen molar-refractivity contribution in [3.8, 4) is 0 Å². The molecule has 0 spiro atoms. The lowest BCUT2D eigenvalue weighted by atomic mass is 9.99. The molecule has 0 aliphatic carbocycles. The van der Waals surface area contributed by atoms with Gasteiger partial charge in [0.15, 0.2) is 0 Å². The zero-order chi connectivity index (χ0) is 12.7. The summed E-state index contributed by atoms with van der Waals surface area (Å²) in [7, 11) is 0. The molecule has 1 heterocycles. The van der Waals surface area contributed by atoms with E-state index in [1.807, 2.05) is 11.3 Å². The van der Waals surface area contributed by atoms with Crippen LogP contribution in [0.4, 0.5) is 0 Å². The topological polar surface area (TPSA) is 12.0 Å². The van der Waals surface area contributed by atoms with Crippen LogP contribution < -0.4 is 5.32 Å². The van der Waals surface area contributed by atoms with Crippen molar-refractivity contribution in [1.82, 2.24) is 5.32 Å². The molecule has 0 radical (unpaired) electrons. The molecule has 2 atom stereocenters. The van der Waals surface area contributed by atoms with Gasteiger partial charge in [-0.05, 0) is 53.9 Å². The molecule has 1 rings (SSSR count). The zero-order valence-corrected chi connectivity index (χ0v) is 13.5. The molecule has 0 fully saturated rings. The van der Waals surface area contributed by atoms with E-state index >= 15 is 0 Å². The number of halogens is 1. The molecule has 1 N–H and O–H groups in total. The van der Waals surface area contributed by atoms with Gasteiger partial charge < -0.3 is 5.32 Å². The molecule has 0 aliphatic heterocycles. The van der Waals surface area contributed by atoms with E-state index in [0.29, 0.717) is 6.04 Å². The van der Waals surface area contributed by atoms with Gasteiger partial charge in [-0.1, -0.05) is 33.1 Å². The third-order valence-electron chi connectivity index (χ3n) is 3.28. The molecule has 0 saturated heterocycles. The molecule has 3 heteroatoms. The Morgan fingerprint density at radius 1 is 1.35 bits per heavy atom. The highest BCUT2D eigenvalue weighted by Gasteiger charge is 2.10. The SMILES string of the molecule is CCCCC(CC)CNC(C)c1ccc(Br)s1. The van der Waals surface area contributed by atoms with E-state index in [1.165, 1.54) is 34.3 Å². The highest BCUT2D eigenvalue weighted by atomic mass is 79.9. The maximum atomic E-state index is 3.66. The number of hydrogen-bond acceptors (Lipinski definition) is 2. The number of unbranched alkanes of at least 4 members (excludes halogenated alkanes) is 1. The van der Waals surface area contributed by atoms with Crippen molar-refractivity contribution in [2.24, 2.45) is 5.92 Å². The van der Waals surface area contributed by atoms with Crippen LogP contribution in [0.5, 0.6) is 0 Å². The molecule has 98 valence electrons. The minimum atomic E-state index is 0.474. The van der Waals surface area contributed by atoms with Gasteiger partial charge in [-0.25, -0.2) is 0 Å². The Morgan fingerprint density at radius 2 is 2.12 bits per heavy atom. The average molecular weight is 318 g/mol. The summed E-state index contributed by atoms with van der Waals surface area (Å²) < 4.78 is 1.22. The molecular weight excluding hydrogens is 294 g/mol. The Bertz CT molecular complexity index is 311. The van der Waals surface area contributed by atoms with Crippen LogP contribution in [0, 0.1) is 5.92 Å². The Labute approximate surface area is 118 Å². The first-order chi connectivity index (χ1) is 8.17. The fraction of sp³-hybridized carbons (Fsp3) is 0.714. The monoisotopic (exact) mass is 317 g/mol. The van der Waals surface area contributed by atoms with Crippen LogP contribution in [0.25, 0.3) is 0 Å². The fourth-order valence-electron chi connectivity index (χ4n) is 1.95. The maximum absolute atomic E-state index is 3.66. The van der Waals surface area contributed by atoms with Gasteiger partial charge in [0.2, 0.25) is 0 Å². The van der Waals surface area contributed by atoms with Crippen molar-refractivity contribution in [2.45, 2.75) is 52.5 Å². The predicted molar refractivity (Wildman–Crippen MR) is 81.7 cm³/mol. The summed E-state index contributed by atoms with van der Waals surface area (Å²) >= 11 is 5.35. The largest absolute Gasteiger partial charge is 0.309 e. The van der Waals surface area contributed by atoms with Crippen LogP contribution in [-0.4, -0.2) is 6.54 Å². The highest BCUT2D eigenvalue weighted by Crippen LogP contribution is 2.27. The van der Waals surface area contributed by atoms with E-state index in [4.69, 9.17) is 0 Å². The van der Waals surface area contributed by atoms with Crippen LogP contribution in [0.1, 0.15) is 57.4 Å². The summed E-state index contributed by atoms with van der Waals surface area (Å²) in [6, 6.07) is 4.81. The lowest BCUT2D eigenvalue weighted by Gasteiger charge is -2.18. The van der Waals surface area contributed by atoms with Gasteiger partial charge in [0.25, 0.3) is 0 Å². The van der Waals surface area contributed by atoms with Crippen LogP contribution in [0.15, 0.2) is 15.9 Å². The summed E-state index contributed by atoms with van der Waals surface area (Å²) in [6.45, 7) is 7.97. The third kappa shape index (κ3) is 5.54. The second-order valence-corrected chi connectivity index (χ2v) is 7.18. The molecule has 0 aliphatic rings. The number of hydrogen-bond donors (Lipinski definition) is 1. The van der Waals surface area contributed by atoms with E-state index < -0.39 is 0 Å². The van der Waals surface area contributed by atoms with Crippen molar-refractivity contribution < 1.29 is 0 Å². The van der Waals surface area contributed by atoms with Crippen molar-refractivity contribution in [3.05, 3.63) is 20.8 Å². The standard InChI is InChI=1S/C14H24BrNS/c1-4-6-7-12(5-2)10-16-11(3)13-8-9-14(15)17-13/h8-9,11-12,16H,4-7,10H2,1-3H3. The van der Waals surface area contributed by atoms with Crippen molar-refractivity contribution in [1.29, 1.82) is 0 Å². The number of thiophene rings is 1. The van der Waals surface area contributed by atoms with Crippen LogP contribution in [0.3, 0.4) is 0 Å². The Hall–Kier alpha value is 0.140. The normalized spacial score (nSPS) is 14.8. The van der Waals surface area contributed by atoms with Gasteiger partial charge in [0.05, 0.1) is 3.79 Å². The van der Waals surface area contributed by atoms with E-state index in [1.54, 1.807) is 0 Å². The molecule has 2 unspecified atom stereocenters. The van der Waals surface area contributed by atoms with E-state index in [-0.39, 0.29) is 0 Å². The van der Waals surface area contributed by atoms with Crippen molar-refractivity contribution >= 4 is 27.3 Å². The first kappa shape index (κ1) is 15.2. The van der Waals surface area contributed by atoms with E-state index in [0.717, 1.165) is 12.5 Å². The van der Waals surface area contributed by atoms with Crippen LogP contribution >= 0.6 is 27.3 Å². The van der Waals surface area contributed by atoms with Gasteiger partial charge in [0.1, 0.15) is 0 Å². The first-order valence-electron chi connectivity index (χ1n) is 6.66. The quantitative estimate of drug-likeness (QED) is 0.679. The van der Waals surface area contributed by atoms with Crippen LogP contribution in [-0.2, 0) is 0 Å². The lowest BCUT2D eigenvalue weighted by molar-refractivity contribution is 0.400. The molecular formula is C14H24BrNS. The predicted octanol–water partition coefficient (Wildman–Crippen LogP) is 5.38. The smallest absolute Gasteiger partial charge is 0.0701 e. The second-order valence-electron chi connectivity index (χ2n) is 4.69. The molecule has 0 saturated carbocycles. The Morgan fingerprint density at radius 3 is 2.65 bits per heavy atom. The van der Waals surface area contributed by atoms with Crippen molar-refractivity contribution in [3.63, 3.8) is 0 Å². The molecule has 1 aromatic rings. The summed E-state index contributed by atoms with van der Waals surface area (Å²) in [5.41, 5.74) is 0. The van der Waals surface area contributed by atoms with Gasteiger partial charge >= 0.3 is 0 Å². The first-order valence-corrected chi connectivity index (χ1v) is 8.26. The summed E-state index contributed by atoms with van der Waals surface area (Å²) in [6.07, 6.45) is 5.32. The summed E-state index contributed by atoms with van der Waals surface area (Å²) in [5, 5.41) is 3.66. The Kier molecular flexibility index (Phi) is 7.40. The third-order valence-corrected chi connectivity index (χ3v) is 5.08. The average Bonchev–Trinajstić information content (AvgIpc) is 2.76. The molecule has 0 aromatic carbocycles. The number of nitrogens with one attached hydrogen (secondary N) is 1. The van der Waals surface area contributed by atoms with Crippen molar-refractivity contribution in [2.75, 3.05) is 6.54 Å². The second kappa shape index (κ2) is 8.28. The Balaban J connectivity index is 2.33. The molecule has 0 amide bonds. The van der Waals surface area contributed by atoms with E-state index in [2.05, 4.69) is 54.2 Å². The van der Waals surface area contributed by atoms with Gasteiger partial charge in [-0.15, -0.1) is 11.3 Å². The van der Waals surface area contributed by atoms with Gasteiger partial charge in [0, 0.05) is 10.9 Å². The molecule has 1 aromatic heterocycles. The summed E-state index contributed by atoms with van der Waals surface area (Å²) in [5.74, 6) is 0.834. The van der Waals surface area contributed by atoms with Gasteiger partial charge in [-0.3, -0.25) is 0 Å². The highest BCUT2D eigenvalue weighted by molar-refractivity contribution is 9.11. The lowest BCUT2D eigenvalue weighted by Crippen LogP contribution is -2.25. The van der Waals surface area contributed by atoms with E-state index in [9.17, 15) is 0 Å². The molecule has 0 bridgehead atoms. The number of rotatable bonds is 8. The van der Waals surface area contributed by atoms with Gasteiger partial charge in [-0.2, -0.15) is 0 Å². The van der Waals surface area contributed by atoms with Crippen LogP contribution in [0.2, 0.25) is 0 Å². The fourth-order valence-corrected chi connectivity index (χ4v) is 3.40. The minimum absolute atomic E-state index is 0.474. The summed E-state index contributed by atoms with van der Waals surface area (Å²) in [4.78, 5) is 1.42.